The third-order valence-electron chi connectivity index (χ3n) is 5.01. The normalized spacial score (nSPS) is 23.4. The topological polar surface area (TPSA) is 0 Å². The van der Waals surface area contributed by atoms with Crippen LogP contribution in [0.5, 0.6) is 0 Å². The van der Waals surface area contributed by atoms with E-state index in [1.54, 1.807) is 22.3 Å². The predicted molar refractivity (Wildman–Crippen MR) is 88.7 cm³/mol. The summed E-state index contributed by atoms with van der Waals surface area (Å²) in [5.74, 6) is 1.41. The number of hydrogen-bond donors (Lipinski definition) is 0. The van der Waals surface area contributed by atoms with Crippen molar-refractivity contribution in [3.63, 3.8) is 0 Å². The van der Waals surface area contributed by atoms with E-state index < -0.39 is 16.6 Å². The molecule has 0 aromatic carbocycles. The van der Waals surface area contributed by atoms with Crippen molar-refractivity contribution in [2.24, 2.45) is 11.8 Å². The van der Waals surface area contributed by atoms with Gasteiger partial charge in [0.25, 0.3) is 0 Å². The quantitative estimate of drug-likeness (QED) is 0.563. The van der Waals surface area contributed by atoms with E-state index in [9.17, 15) is 0 Å². The van der Waals surface area contributed by atoms with Gasteiger partial charge in [-0.1, -0.05) is 0 Å². The van der Waals surface area contributed by atoms with Gasteiger partial charge in [-0.15, -0.1) is 0 Å². The summed E-state index contributed by atoms with van der Waals surface area (Å²) in [6.07, 6.45) is 4.67. The first-order chi connectivity index (χ1) is 9.25. The Labute approximate surface area is 155 Å². The van der Waals surface area contributed by atoms with E-state index in [-0.39, 0.29) is 31.0 Å². The molecule has 0 aromatic rings. The van der Waals surface area contributed by atoms with Gasteiger partial charge < -0.3 is 24.8 Å². The first-order valence-electron chi connectivity index (χ1n) is 7.71. The maximum Gasteiger partial charge on any atom is -1.00 e. The fourth-order valence-corrected chi connectivity index (χ4v) is 17.2. The first-order valence-corrected chi connectivity index (χ1v) is 14.1. The van der Waals surface area contributed by atoms with Crippen molar-refractivity contribution in [2.75, 3.05) is 0 Å². The van der Waals surface area contributed by atoms with E-state index in [1.165, 1.54) is 0 Å². The molecule has 0 radical (unpaired) electrons. The summed E-state index contributed by atoms with van der Waals surface area (Å²) in [5.41, 5.74) is 6.38. The Hall–Kier alpha value is 0.471. The van der Waals surface area contributed by atoms with Gasteiger partial charge in [0.05, 0.1) is 0 Å². The van der Waals surface area contributed by atoms with Crippen LogP contribution in [0.4, 0.5) is 0 Å². The van der Waals surface area contributed by atoms with Crippen molar-refractivity contribution in [3.8, 4) is 0 Å². The van der Waals surface area contributed by atoms with Crippen LogP contribution in [0, 0.1) is 11.8 Å². The minimum atomic E-state index is -1.30. The Morgan fingerprint density at radius 2 is 1.09 bits per heavy atom. The molecule has 0 saturated heterocycles. The zero-order valence-corrected chi connectivity index (χ0v) is 19.1. The fourth-order valence-electron chi connectivity index (χ4n) is 3.74. The molecule has 0 heterocycles. The molecular weight excluding hydrogens is 363 g/mol. The van der Waals surface area contributed by atoms with Crippen molar-refractivity contribution in [2.45, 2.75) is 54.6 Å². The largest absolute Gasteiger partial charge is 1.00 e. The molecule has 0 saturated carbocycles. The summed E-state index contributed by atoms with van der Waals surface area (Å²) < 4.78 is 3.76. The predicted octanol–water partition coefficient (Wildman–Crippen LogP) is -0.396. The average molecular weight is 391 g/mol. The molecule has 2 aliphatic carbocycles. The molecule has 122 valence electrons. The molecule has 0 bridgehead atoms. The molecule has 0 aromatic heterocycles. The third-order valence-corrected chi connectivity index (χ3v) is 17.2. The minimum absolute atomic E-state index is 0. The number of halogens is 2. The Morgan fingerprint density at radius 1 is 0.773 bits per heavy atom. The van der Waals surface area contributed by atoms with Crippen molar-refractivity contribution in [1.29, 1.82) is 0 Å². The van der Waals surface area contributed by atoms with E-state index in [0.717, 1.165) is 0 Å². The van der Waals surface area contributed by atoms with Crippen LogP contribution >= 0.6 is 0 Å². The zero-order chi connectivity index (χ0) is 15.2. The summed E-state index contributed by atoms with van der Waals surface area (Å²) >= 11 is -1.30. The number of rotatable bonds is 2. The molecule has 0 N–H and O–H groups in total. The second kappa shape index (κ2) is 8.53. The molecule has 2 atom stereocenters. The van der Waals surface area contributed by atoms with E-state index in [2.05, 4.69) is 66.8 Å². The van der Waals surface area contributed by atoms with Crippen LogP contribution in [0.3, 0.4) is 0 Å². The van der Waals surface area contributed by atoms with Crippen molar-refractivity contribution >= 4 is 6.19 Å². The molecule has 4 heteroatoms. The van der Waals surface area contributed by atoms with Gasteiger partial charge in [-0.25, -0.2) is 0 Å². The summed E-state index contributed by atoms with van der Waals surface area (Å²) in [7, 11) is 0. The monoisotopic (exact) mass is 390 g/mol. The van der Waals surface area contributed by atoms with E-state index in [4.69, 9.17) is 0 Å². The first kappa shape index (κ1) is 22.5. The zero-order valence-electron chi connectivity index (χ0n) is 15.1. The molecule has 22 heavy (non-hydrogen) atoms. The molecule has 0 aliphatic heterocycles. The van der Waals surface area contributed by atoms with Gasteiger partial charge in [-0.05, 0) is 0 Å². The summed E-state index contributed by atoms with van der Waals surface area (Å²) in [4.78, 5) is 0. The molecule has 0 nitrogen and oxygen atoms in total. The SMILES string of the molecule is CC1=CC(C)=[C]([Ti+2]([C]2=C(C)C=C(C)C2C)=[Si](C)C)C1C.[Cl-].[Cl-]. The van der Waals surface area contributed by atoms with Gasteiger partial charge in [-0.2, -0.15) is 0 Å². The second-order valence-electron chi connectivity index (χ2n) is 6.79. The maximum absolute atomic E-state index is 2.56. The average Bonchev–Trinajstić information content (AvgIpc) is 2.72. The van der Waals surface area contributed by atoms with Gasteiger partial charge in [0.2, 0.25) is 0 Å². The van der Waals surface area contributed by atoms with Crippen molar-refractivity contribution < 1.29 is 41.4 Å². The standard InChI is InChI=1S/2C8H11.C2H6Si.2ClH.Ti/c2*1-6-4-7(2)8(3)5-6;1-3-2;;;/h2*4,8H,1-3H3;1-2H3;2*1H;/q;;;;;+2/p-2. The third kappa shape index (κ3) is 3.92. The van der Waals surface area contributed by atoms with Crippen molar-refractivity contribution in [3.05, 3.63) is 42.2 Å². The molecule has 2 aliphatic rings. The molecule has 0 fully saturated rings. The summed E-state index contributed by atoms with van der Waals surface area (Å²) in [6.45, 7) is 19.3. The molecular formula is C18H28Cl2SiTi. The van der Waals surface area contributed by atoms with Crippen LogP contribution in [-0.4, -0.2) is 6.19 Å². The summed E-state index contributed by atoms with van der Waals surface area (Å²) in [6, 6.07) is 0. The Morgan fingerprint density at radius 3 is 1.27 bits per heavy atom. The van der Waals surface area contributed by atoms with Crippen LogP contribution in [0.15, 0.2) is 42.2 Å². The van der Waals surface area contributed by atoms with E-state index >= 15 is 0 Å². The van der Waals surface area contributed by atoms with Crippen LogP contribution in [0.25, 0.3) is 0 Å². The second-order valence-corrected chi connectivity index (χ2v) is 18.4. The summed E-state index contributed by atoms with van der Waals surface area (Å²) in [5, 5.41) is 0. The van der Waals surface area contributed by atoms with Gasteiger partial charge in [0.1, 0.15) is 0 Å². The Kier molecular flexibility index (Phi) is 8.72. The van der Waals surface area contributed by atoms with Crippen molar-refractivity contribution in [1.82, 2.24) is 0 Å². The van der Waals surface area contributed by atoms with E-state index in [0.29, 0.717) is 11.8 Å². The molecule has 2 unspecified atom stereocenters. The molecule has 0 spiro atoms. The van der Waals surface area contributed by atoms with E-state index in [1.807, 2.05) is 7.76 Å². The number of allylic oxidation sites excluding steroid dienone is 8. The fraction of sp³-hybridized carbons (Fsp3) is 0.556. The molecule has 2 rings (SSSR count). The Bertz CT molecular complexity index is 569. The van der Waals surface area contributed by atoms with Crippen LogP contribution in [0.2, 0.25) is 13.1 Å². The molecule has 0 amide bonds. The van der Waals surface area contributed by atoms with Crippen LogP contribution in [-0.2, 0) is 16.6 Å². The van der Waals surface area contributed by atoms with Gasteiger partial charge in [0, 0.05) is 0 Å². The minimum Gasteiger partial charge on any atom is -1.00 e. The van der Waals surface area contributed by atoms with Crippen LogP contribution < -0.4 is 24.8 Å². The van der Waals surface area contributed by atoms with Gasteiger partial charge in [0.15, 0.2) is 0 Å². The number of hydrogen-bond acceptors (Lipinski definition) is 0. The van der Waals surface area contributed by atoms with Crippen LogP contribution in [0.1, 0.15) is 41.5 Å². The smallest absolute Gasteiger partial charge is 1.00 e. The maximum atomic E-state index is 2.56. The van der Waals surface area contributed by atoms with Gasteiger partial charge in [-0.3, -0.25) is 0 Å². The van der Waals surface area contributed by atoms with Gasteiger partial charge >= 0.3 is 131 Å². The Balaban J connectivity index is 0.00000220.